The van der Waals surface area contributed by atoms with Crippen molar-refractivity contribution in [1.82, 2.24) is 15.0 Å². The van der Waals surface area contributed by atoms with Gasteiger partial charge in [-0.3, -0.25) is 19.7 Å². The molecule has 0 aliphatic carbocycles. The molecular formula is C21H18Cl2N8O5. The van der Waals surface area contributed by atoms with E-state index in [1.54, 1.807) is 12.1 Å². The summed E-state index contributed by atoms with van der Waals surface area (Å²) in [6, 6.07) is 7.46. The highest BCUT2D eigenvalue weighted by Gasteiger charge is 2.31. The first-order valence-electron chi connectivity index (χ1n) is 10.4. The first-order chi connectivity index (χ1) is 17.2. The van der Waals surface area contributed by atoms with Gasteiger partial charge in [0.05, 0.1) is 21.8 Å². The number of nitrogens with zero attached hydrogens (tertiary/aromatic N) is 5. The van der Waals surface area contributed by atoms with E-state index in [2.05, 4.69) is 25.6 Å². The number of pyridine rings is 1. The molecule has 0 spiro atoms. The molecule has 13 nitrogen and oxygen atoms in total. The number of carbonyl (C=O) groups excluding carboxylic acids is 2. The summed E-state index contributed by atoms with van der Waals surface area (Å²) in [6.07, 6.45) is 1.35. The van der Waals surface area contributed by atoms with Gasteiger partial charge in [0, 0.05) is 29.7 Å². The van der Waals surface area contributed by atoms with Crippen molar-refractivity contribution in [3.05, 3.63) is 56.7 Å². The van der Waals surface area contributed by atoms with E-state index in [4.69, 9.17) is 33.7 Å². The lowest BCUT2D eigenvalue weighted by Crippen LogP contribution is -2.46. The molecule has 4 rings (SSSR count). The molecule has 1 fully saturated rings. The van der Waals surface area contributed by atoms with E-state index in [0.717, 1.165) is 4.90 Å². The van der Waals surface area contributed by atoms with Crippen LogP contribution in [0.25, 0.3) is 11.3 Å². The van der Waals surface area contributed by atoms with Gasteiger partial charge in [-0.1, -0.05) is 23.2 Å². The zero-order valence-corrected chi connectivity index (χ0v) is 19.9. The van der Waals surface area contributed by atoms with Gasteiger partial charge in [-0.25, -0.2) is 19.9 Å². The largest absolute Gasteiger partial charge is 0.378 e. The number of benzene rings is 1. The Kier molecular flexibility index (Phi) is 7.43. The number of morpholine rings is 1. The van der Waals surface area contributed by atoms with Crippen molar-refractivity contribution in [2.75, 3.05) is 47.6 Å². The Morgan fingerprint density at radius 3 is 2.47 bits per heavy atom. The van der Waals surface area contributed by atoms with Crippen LogP contribution in [0.3, 0.4) is 0 Å². The van der Waals surface area contributed by atoms with Crippen LogP contribution in [0, 0.1) is 10.1 Å². The maximum atomic E-state index is 12.4. The van der Waals surface area contributed by atoms with Gasteiger partial charge in [-0.2, -0.15) is 0 Å². The average molecular weight is 533 g/mol. The van der Waals surface area contributed by atoms with Gasteiger partial charge in [-0.05, 0) is 24.3 Å². The highest BCUT2D eigenvalue weighted by Crippen LogP contribution is 2.36. The van der Waals surface area contributed by atoms with E-state index in [1.807, 2.05) is 0 Å². The lowest BCUT2D eigenvalue weighted by atomic mass is 10.1. The van der Waals surface area contributed by atoms with Crippen molar-refractivity contribution in [2.24, 2.45) is 0 Å². The minimum atomic E-state index is -0.614. The maximum absolute atomic E-state index is 12.4. The lowest BCUT2D eigenvalue weighted by molar-refractivity contribution is -0.384. The fourth-order valence-electron chi connectivity index (χ4n) is 3.35. The molecule has 2 aromatic heterocycles. The summed E-state index contributed by atoms with van der Waals surface area (Å²) in [7, 11) is 0. The van der Waals surface area contributed by atoms with Crippen LogP contribution in [0.2, 0.25) is 10.0 Å². The van der Waals surface area contributed by atoms with Crippen LogP contribution < -0.4 is 21.3 Å². The van der Waals surface area contributed by atoms with E-state index < -0.39 is 16.7 Å². The summed E-state index contributed by atoms with van der Waals surface area (Å²) in [5.74, 6) is -0.754. The van der Waals surface area contributed by atoms with Crippen LogP contribution in [0.1, 0.15) is 0 Å². The van der Waals surface area contributed by atoms with Gasteiger partial charge < -0.3 is 21.1 Å². The quantitative estimate of drug-likeness (QED) is 0.168. The van der Waals surface area contributed by atoms with Crippen LogP contribution in [0.15, 0.2) is 36.5 Å². The number of hydrogen-bond donors (Lipinski definition) is 3. The highest BCUT2D eigenvalue weighted by atomic mass is 35.5. The molecule has 1 aliphatic rings. The molecule has 0 radical (unpaired) electrons. The van der Waals surface area contributed by atoms with E-state index >= 15 is 0 Å². The molecule has 1 saturated heterocycles. The molecule has 15 heteroatoms. The number of nitrogens with two attached hydrogens (primary N) is 1. The van der Waals surface area contributed by atoms with Crippen molar-refractivity contribution in [3.63, 3.8) is 0 Å². The SMILES string of the molecule is Nc1nc(NCCNc2ncc(N3C(=O)COCC3=O)c(-c3ccc(Cl)cc3Cl)n2)ccc1[N+](=O)[O-]. The number of nitrogen functional groups attached to an aromatic ring is 1. The third-order valence-corrected chi connectivity index (χ3v) is 5.51. The lowest BCUT2D eigenvalue weighted by Gasteiger charge is -2.26. The number of rotatable bonds is 8. The standard InChI is InChI=1S/C21H18Cl2N8O5/c22-11-1-2-12(13(23)7-11)19-15(30-17(32)9-36-10-18(30)33)8-27-21(29-19)26-6-5-25-16-4-3-14(31(34)35)20(24)28-16/h1-4,7-8H,5-6,9-10H2,(H3,24,25,28)(H,26,27,29). The van der Waals surface area contributed by atoms with Crippen molar-refractivity contribution in [3.8, 4) is 11.3 Å². The normalized spacial score (nSPS) is 13.6. The summed E-state index contributed by atoms with van der Waals surface area (Å²) >= 11 is 12.4. The summed E-state index contributed by atoms with van der Waals surface area (Å²) in [4.78, 5) is 48.8. The first-order valence-corrected chi connectivity index (χ1v) is 11.1. The van der Waals surface area contributed by atoms with Crippen LogP contribution in [-0.4, -0.2) is 58.0 Å². The second-order valence-corrected chi connectivity index (χ2v) is 8.22. The molecule has 1 aromatic carbocycles. The third kappa shape index (κ3) is 5.43. The Hall–Kier alpha value is -4.07. The topological polar surface area (TPSA) is 178 Å². The van der Waals surface area contributed by atoms with E-state index in [0.29, 0.717) is 29.5 Å². The minimum absolute atomic E-state index is 0.159. The Morgan fingerprint density at radius 1 is 1.08 bits per heavy atom. The van der Waals surface area contributed by atoms with E-state index in [9.17, 15) is 19.7 Å². The van der Waals surface area contributed by atoms with Gasteiger partial charge in [-0.15, -0.1) is 0 Å². The zero-order valence-electron chi connectivity index (χ0n) is 18.4. The molecule has 4 N–H and O–H groups in total. The maximum Gasteiger partial charge on any atom is 0.311 e. The molecule has 3 heterocycles. The van der Waals surface area contributed by atoms with E-state index in [-0.39, 0.29) is 47.1 Å². The molecule has 1 aliphatic heterocycles. The van der Waals surface area contributed by atoms with Crippen LogP contribution >= 0.6 is 23.2 Å². The summed E-state index contributed by atoms with van der Waals surface area (Å²) < 4.78 is 4.99. The van der Waals surface area contributed by atoms with Crippen LogP contribution in [0.5, 0.6) is 0 Å². The Labute approximate surface area is 213 Å². The van der Waals surface area contributed by atoms with Crippen LogP contribution in [-0.2, 0) is 14.3 Å². The number of nitrogens with one attached hydrogen (secondary N) is 2. The predicted octanol–water partition coefficient (Wildman–Crippen LogP) is 2.75. The third-order valence-electron chi connectivity index (χ3n) is 4.96. The molecule has 3 aromatic rings. The van der Waals surface area contributed by atoms with Crippen molar-refractivity contribution in [2.45, 2.75) is 0 Å². The predicted molar refractivity (Wildman–Crippen MR) is 133 cm³/mol. The Bertz CT molecular complexity index is 1340. The highest BCUT2D eigenvalue weighted by molar-refractivity contribution is 6.36. The van der Waals surface area contributed by atoms with Crippen molar-refractivity contribution < 1.29 is 19.2 Å². The van der Waals surface area contributed by atoms with Gasteiger partial charge in [0.25, 0.3) is 11.8 Å². The summed E-state index contributed by atoms with van der Waals surface area (Å²) in [5.41, 5.74) is 6.17. The number of ether oxygens (including phenoxy) is 1. The Balaban J connectivity index is 1.54. The van der Waals surface area contributed by atoms with Gasteiger partial charge in [0.1, 0.15) is 24.7 Å². The zero-order chi connectivity index (χ0) is 25.8. The second kappa shape index (κ2) is 10.7. The van der Waals surface area contributed by atoms with Gasteiger partial charge in [0.2, 0.25) is 11.8 Å². The molecule has 0 atom stereocenters. The number of anilines is 4. The molecule has 36 heavy (non-hydrogen) atoms. The number of aromatic nitrogens is 3. The molecule has 186 valence electrons. The van der Waals surface area contributed by atoms with Gasteiger partial charge in [0.15, 0.2) is 0 Å². The van der Waals surface area contributed by atoms with Crippen molar-refractivity contribution >= 4 is 64.0 Å². The number of hydrogen-bond acceptors (Lipinski definition) is 11. The molecule has 0 unspecified atom stereocenters. The number of carbonyl (C=O) groups is 2. The fourth-order valence-corrected chi connectivity index (χ4v) is 3.85. The average Bonchev–Trinajstić information content (AvgIpc) is 2.82. The molecule has 2 amide bonds. The summed E-state index contributed by atoms with van der Waals surface area (Å²) in [6.45, 7) is 0.146. The number of amides is 2. The molecule has 0 saturated carbocycles. The summed E-state index contributed by atoms with van der Waals surface area (Å²) in [5, 5.41) is 17.5. The minimum Gasteiger partial charge on any atom is -0.378 e. The molecule has 0 bridgehead atoms. The Morgan fingerprint density at radius 2 is 1.81 bits per heavy atom. The number of imide groups is 1. The van der Waals surface area contributed by atoms with E-state index in [1.165, 1.54) is 24.4 Å². The second-order valence-electron chi connectivity index (χ2n) is 7.38. The monoisotopic (exact) mass is 532 g/mol. The number of nitro groups is 1. The fraction of sp³-hybridized carbons (Fsp3) is 0.190. The van der Waals surface area contributed by atoms with Gasteiger partial charge >= 0.3 is 5.69 Å². The van der Waals surface area contributed by atoms with Crippen molar-refractivity contribution in [1.29, 1.82) is 0 Å². The molecular weight excluding hydrogens is 515 g/mol. The smallest absolute Gasteiger partial charge is 0.311 e. The van der Waals surface area contributed by atoms with Crippen LogP contribution in [0.4, 0.5) is 29.0 Å². The number of halogens is 2. The first kappa shape index (κ1) is 25.0.